The van der Waals surface area contributed by atoms with Crippen LogP contribution in [0, 0.1) is 6.92 Å². The van der Waals surface area contributed by atoms with E-state index in [1.54, 1.807) is 0 Å². The molecule has 0 saturated carbocycles. The molecule has 1 atom stereocenters. The van der Waals surface area contributed by atoms with Gasteiger partial charge in [-0.3, -0.25) is 9.97 Å². The molecule has 3 heteroatoms. The third kappa shape index (κ3) is 3.09. The average Bonchev–Trinajstić information content (AvgIpc) is 2.53. The van der Waals surface area contributed by atoms with Crippen molar-refractivity contribution in [2.75, 3.05) is 7.05 Å². The Morgan fingerprint density at radius 1 is 1.14 bits per heavy atom. The molecule has 0 aliphatic carbocycles. The molecule has 2 heterocycles. The number of aromatic nitrogens is 2. The van der Waals surface area contributed by atoms with Gasteiger partial charge in [0.2, 0.25) is 0 Å². The van der Waals surface area contributed by atoms with Crippen LogP contribution in [0.4, 0.5) is 0 Å². The number of nitrogens with zero attached hydrogens (tertiary/aromatic N) is 2. The summed E-state index contributed by atoms with van der Waals surface area (Å²) in [5.41, 5.74) is 4.62. The smallest absolute Gasteiger partial charge is 0.0705 e. The molecule has 1 aromatic carbocycles. The third-order valence-electron chi connectivity index (χ3n) is 3.77. The lowest BCUT2D eigenvalue weighted by atomic mass is 9.98. The Morgan fingerprint density at radius 2 is 2.05 bits per heavy atom. The van der Waals surface area contributed by atoms with Crippen molar-refractivity contribution in [2.24, 2.45) is 0 Å². The topological polar surface area (TPSA) is 37.8 Å². The molecule has 1 N–H and O–H groups in total. The summed E-state index contributed by atoms with van der Waals surface area (Å²) in [6, 6.07) is 15.1. The van der Waals surface area contributed by atoms with E-state index >= 15 is 0 Å². The molecule has 0 radical (unpaired) electrons. The molecular weight excluding hydrogens is 258 g/mol. The monoisotopic (exact) mass is 277 g/mol. The molecule has 0 aliphatic heterocycles. The Kier molecular flexibility index (Phi) is 3.93. The standard InChI is InChI=1S/C18H19N3/c1-13-5-6-15-11-16(7-8-17(15)21-13)18(19-2)10-14-4-3-9-20-12-14/h3-9,11-12,18-19H,10H2,1-2H3. The van der Waals surface area contributed by atoms with Crippen LogP contribution >= 0.6 is 0 Å². The lowest BCUT2D eigenvalue weighted by molar-refractivity contribution is 0.592. The zero-order valence-electron chi connectivity index (χ0n) is 12.4. The molecule has 0 bridgehead atoms. The first-order valence-corrected chi connectivity index (χ1v) is 7.20. The van der Waals surface area contributed by atoms with E-state index < -0.39 is 0 Å². The van der Waals surface area contributed by atoms with Crippen LogP contribution in [0.25, 0.3) is 10.9 Å². The predicted octanol–water partition coefficient (Wildman–Crippen LogP) is 3.44. The predicted molar refractivity (Wildman–Crippen MR) is 86.2 cm³/mol. The van der Waals surface area contributed by atoms with E-state index in [2.05, 4.69) is 51.7 Å². The van der Waals surface area contributed by atoms with Gasteiger partial charge in [-0.05, 0) is 55.8 Å². The van der Waals surface area contributed by atoms with Crippen LogP contribution in [0.2, 0.25) is 0 Å². The number of hydrogen-bond donors (Lipinski definition) is 1. The van der Waals surface area contributed by atoms with Crippen molar-refractivity contribution >= 4 is 10.9 Å². The van der Waals surface area contributed by atoms with Crippen LogP contribution in [0.15, 0.2) is 54.9 Å². The van der Waals surface area contributed by atoms with E-state index in [-0.39, 0.29) is 6.04 Å². The molecule has 1 unspecified atom stereocenters. The second-order valence-corrected chi connectivity index (χ2v) is 5.31. The summed E-state index contributed by atoms with van der Waals surface area (Å²) in [7, 11) is 2.00. The van der Waals surface area contributed by atoms with Gasteiger partial charge in [-0.1, -0.05) is 18.2 Å². The Labute approximate surface area is 125 Å². The third-order valence-corrected chi connectivity index (χ3v) is 3.77. The number of hydrogen-bond acceptors (Lipinski definition) is 3. The Morgan fingerprint density at radius 3 is 2.81 bits per heavy atom. The summed E-state index contributed by atoms with van der Waals surface area (Å²) in [5, 5.41) is 4.58. The van der Waals surface area contributed by atoms with E-state index in [9.17, 15) is 0 Å². The van der Waals surface area contributed by atoms with Crippen molar-refractivity contribution in [3.63, 3.8) is 0 Å². The highest BCUT2D eigenvalue weighted by Gasteiger charge is 2.11. The SMILES string of the molecule is CNC(Cc1cccnc1)c1ccc2nc(C)ccc2c1. The molecule has 2 aromatic heterocycles. The highest BCUT2D eigenvalue weighted by Crippen LogP contribution is 2.22. The van der Waals surface area contributed by atoms with Crippen molar-refractivity contribution in [1.82, 2.24) is 15.3 Å². The number of nitrogens with one attached hydrogen (secondary N) is 1. The lowest BCUT2D eigenvalue weighted by Gasteiger charge is -2.17. The van der Waals surface area contributed by atoms with E-state index in [4.69, 9.17) is 0 Å². The fraction of sp³-hybridized carbons (Fsp3) is 0.222. The molecule has 0 spiro atoms. The maximum atomic E-state index is 4.56. The molecule has 3 nitrogen and oxygen atoms in total. The van der Waals surface area contributed by atoms with Gasteiger partial charge in [0.05, 0.1) is 5.52 Å². The number of aryl methyl sites for hydroxylation is 1. The van der Waals surface area contributed by atoms with Gasteiger partial charge in [-0.25, -0.2) is 0 Å². The number of pyridine rings is 2. The molecule has 3 aromatic rings. The second-order valence-electron chi connectivity index (χ2n) is 5.31. The zero-order chi connectivity index (χ0) is 14.7. The molecule has 21 heavy (non-hydrogen) atoms. The molecule has 0 saturated heterocycles. The van der Waals surface area contributed by atoms with Gasteiger partial charge < -0.3 is 5.32 Å². The lowest BCUT2D eigenvalue weighted by Crippen LogP contribution is -2.18. The van der Waals surface area contributed by atoms with E-state index in [1.165, 1.54) is 16.5 Å². The van der Waals surface area contributed by atoms with E-state index in [0.717, 1.165) is 17.6 Å². The van der Waals surface area contributed by atoms with Gasteiger partial charge in [-0.2, -0.15) is 0 Å². The van der Waals surface area contributed by atoms with Gasteiger partial charge in [0.1, 0.15) is 0 Å². The molecule has 0 aliphatic rings. The van der Waals surface area contributed by atoms with Crippen LogP contribution in [0.1, 0.15) is 22.9 Å². The van der Waals surface area contributed by atoms with Crippen molar-refractivity contribution in [2.45, 2.75) is 19.4 Å². The fourth-order valence-corrected chi connectivity index (χ4v) is 2.60. The van der Waals surface area contributed by atoms with Crippen molar-refractivity contribution < 1.29 is 0 Å². The largest absolute Gasteiger partial charge is 0.313 e. The van der Waals surface area contributed by atoms with Gasteiger partial charge in [-0.15, -0.1) is 0 Å². The maximum absolute atomic E-state index is 4.56. The van der Waals surface area contributed by atoms with Crippen LogP contribution in [-0.4, -0.2) is 17.0 Å². The molecule has 0 fully saturated rings. The second kappa shape index (κ2) is 6.02. The minimum atomic E-state index is 0.278. The first kappa shape index (κ1) is 13.7. The van der Waals surface area contributed by atoms with Gasteiger partial charge in [0.25, 0.3) is 0 Å². The van der Waals surface area contributed by atoms with Gasteiger partial charge >= 0.3 is 0 Å². The molecular formula is C18H19N3. The van der Waals surface area contributed by atoms with Crippen LogP contribution in [0.5, 0.6) is 0 Å². The van der Waals surface area contributed by atoms with E-state index in [0.29, 0.717) is 0 Å². The average molecular weight is 277 g/mol. The summed E-state index contributed by atoms with van der Waals surface area (Å²) in [6.07, 6.45) is 4.66. The Balaban J connectivity index is 1.91. The summed E-state index contributed by atoms with van der Waals surface area (Å²) in [6.45, 7) is 2.02. The minimum Gasteiger partial charge on any atom is -0.313 e. The number of rotatable bonds is 4. The zero-order valence-corrected chi connectivity index (χ0v) is 12.4. The summed E-state index contributed by atoms with van der Waals surface area (Å²) in [5.74, 6) is 0. The summed E-state index contributed by atoms with van der Waals surface area (Å²) >= 11 is 0. The molecule has 106 valence electrons. The fourth-order valence-electron chi connectivity index (χ4n) is 2.60. The highest BCUT2D eigenvalue weighted by molar-refractivity contribution is 5.79. The van der Waals surface area contributed by atoms with E-state index in [1.807, 2.05) is 32.4 Å². The van der Waals surface area contributed by atoms with Gasteiger partial charge in [0.15, 0.2) is 0 Å². The van der Waals surface area contributed by atoms with Crippen LogP contribution in [-0.2, 0) is 6.42 Å². The first-order valence-electron chi connectivity index (χ1n) is 7.20. The number of likely N-dealkylation sites (N-methyl/N-ethyl adjacent to an activating group) is 1. The normalized spacial score (nSPS) is 12.5. The van der Waals surface area contributed by atoms with Crippen molar-refractivity contribution in [3.8, 4) is 0 Å². The van der Waals surface area contributed by atoms with Crippen LogP contribution in [0.3, 0.4) is 0 Å². The van der Waals surface area contributed by atoms with Crippen molar-refractivity contribution in [1.29, 1.82) is 0 Å². The summed E-state index contributed by atoms with van der Waals surface area (Å²) < 4.78 is 0. The highest BCUT2D eigenvalue weighted by atomic mass is 14.9. The maximum Gasteiger partial charge on any atom is 0.0705 e. The number of fused-ring (bicyclic) bond motifs is 1. The Hall–Kier alpha value is -2.26. The first-order chi connectivity index (χ1) is 10.3. The Bertz CT molecular complexity index is 738. The van der Waals surface area contributed by atoms with Gasteiger partial charge in [0, 0.05) is 29.5 Å². The minimum absolute atomic E-state index is 0.278. The quantitative estimate of drug-likeness (QED) is 0.794. The van der Waals surface area contributed by atoms with Crippen molar-refractivity contribution in [3.05, 3.63) is 71.7 Å². The molecule has 0 amide bonds. The van der Waals surface area contributed by atoms with Crippen LogP contribution < -0.4 is 5.32 Å². The summed E-state index contributed by atoms with van der Waals surface area (Å²) in [4.78, 5) is 8.74. The number of benzene rings is 1. The molecule has 3 rings (SSSR count).